The summed E-state index contributed by atoms with van der Waals surface area (Å²) in [6.45, 7) is 7.58. The molecule has 0 amide bonds. The molecule has 0 saturated heterocycles. The van der Waals surface area contributed by atoms with E-state index in [1.807, 2.05) is 18.2 Å². The number of nitrogen functional groups attached to an aromatic ring is 1. The van der Waals surface area contributed by atoms with Crippen LogP contribution in [-0.2, 0) is 6.54 Å². The number of nitrogens with one attached hydrogen (secondary N) is 1. The highest BCUT2D eigenvalue weighted by molar-refractivity contribution is 5.95. The second-order valence-electron chi connectivity index (χ2n) is 5.01. The van der Waals surface area contributed by atoms with Crippen LogP contribution < -0.4 is 5.73 Å². The predicted molar refractivity (Wildman–Crippen MR) is 73.2 cm³/mol. The van der Waals surface area contributed by atoms with Gasteiger partial charge in [-0.1, -0.05) is 32.0 Å². The molecule has 0 heterocycles. The molecule has 0 radical (unpaired) electrons. The summed E-state index contributed by atoms with van der Waals surface area (Å²) in [5.41, 5.74) is 7.49. The third-order valence-electron chi connectivity index (χ3n) is 3.33. The minimum atomic E-state index is 0.131. The molecule has 1 rings (SSSR count). The van der Waals surface area contributed by atoms with Crippen molar-refractivity contribution < 1.29 is 0 Å². The fourth-order valence-corrected chi connectivity index (χ4v) is 1.78. The smallest absolute Gasteiger partial charge is 0.122 e. The van der Waals surface area contributed by atoms with Crippen LogP contribution in [0, 0.1) is 11.3 Å². The van der Waals surface area contributed by atoms with E-state index in [1.54, 1.807) is 0 Å². The van der Waals surface area contributed by atoms with Gasteiger partial charge in [-0.2, -0.15) is 0 Å². The maximum absolute atomic E-state index is 7.43. The van der Waals surface area contributed by atoms with E-state index < -0.39 is 0 Å². The maximum atomic E-state index is 7.43. The molecular formula is C14H23N3. The van der Waals surface area contributed by atoms with Crippen LogP contribution in [0.5, 0.6) is 0 Å². The second-order valence-corrected chi connectivity index (χ2v) is 5.01. The van der Waals surface area contributed by atoms with Crippen molar-refractivity contribution in [2.45, 2.75) is 33.4 Å². The van der Waals surface area contributed by atoms with Gasteiger partial charge >= 0.3 is 0 Å². The zero-order valence-electron chi connectivity index (χ0n) is 11.2. The largest absolute Gasteiger partial charge is 0.384 e. The molecule has 1 aromatic rings. The maximum Gasteiger partial charge on any atom is 0.122 e. The van der Waals surface area contributed by atoms with Crippen LogP contribution in [0.3, 0.4) is 0 Å². The Morgan fingerprint density at radius 2 is 2.00 bits per heavy atom. The molecule has 3 N–H and O–H groups in total. The molecule has 3 nitrogen and oxygen atoms in total. The van der Waals surface area contributed by atoms with Gasteiger partial charge in [0, 0.05) is 18.2 Å². The molecule has 17 heavy (non-hydrogen) atoms. The lowest BCUT2D eigenvalue weighted by molar-refractivity contribution is 0.200. The van der Waals surface area contributed by atoms with E-state index in [-0.39, 0.29) is 5.84 Å². The lowest BCUT2D eigenvalue weighted by atomic mass is 10.0. The molecule has 3 heteroatoms. The number of rotatable bonds is 5. The highest BCUT2D eigenvalue weighted by Gasteiger charge is 2.13. The SMILES string of the molecule is CC(C)C(C)N(C)Cc1cccc(C(=N)N)c1. The Morgan fingerprint density at radius 3 is 2.53 bits per heavy atom. The van der Waals surface area contributed by atoms with E-state index in [4.69, 9.17) is 11.1 Å². The Labute approximate surface area is 104 Å². The summed E-state index contributed by atoms with van der Waals surface area (Å²) < 4.78 is 0. The number of amidine groups is 1. The average molecular weight is 233 g/mol. The Kier molecular flexibility index (Phi) is 4.70. The summed E-state index contributed by atoms with van der Waals surface area (Å²) in [6.07, 6.45) is 0. The van der Waals surface area contributed by atoms with Crippen molar-refractivity contribution in [2.75, 3.05) is 7.05 Å². The Bertz CT molecular complexity index is 385. The number of hydrogen-bond acceptors (Lipinski definition) is 2. The van der Waals surface area contributed by atoms with Crippen molar-refractivity contribution in [1.29, 1.82) is 5.41 Å². The van der Waals surface area contributed by atoms with Crippen molar-refractivity contribution in [3.8, 4) is 0 Å². The van der Waals surface area contributed by atoms with Crippen molar-refractivity contribution in [3.05, 3.63) is 35.4 Å². The third kappa shape index (κ3) is 3.86. The summed E-state index contributed by atoms with van der Waals surface area (Å²) in [6, 6.07) is 8.44. The van der Waals surface area contributed by atoms with Crippen LogP contribution in [0.25, 0.3) is 0 Å². The Hall–Kier alpha value is -1.35. The van der Waals surface area contributed by atoms with E-state index in [0.717, 1.165) is 12.1 Å². The summed E-state index contributed by atoms with van der Waals surface area (Å²) in [7, 11) is 2.13. The van der Waals surface area contributed by atoms with Crippen molar-refractivity contribution in [1.82, 2.24) is 4.90 Å². The Morgan fingerprint density at radius 1 is 1.35 bits per heavy atom. The van der Waals surface area contributed by atoms with E-state index in [1.165, 1.54) is 5.56 Å². The molecular weight excluding hydrogens is 210 g/mol. The van der Waals surface area contributed by atoms with Gasteiger partial charge in [0.05, 0.1) is 0 Å². The highest BCUT2D eigenvalue weighted by atomic mass is 15.1. The number of hydrogen-bond donors (Lipinski definition) is 2. The zero-order chi connectivity index (χ0) is 13.0. The van der Waals surface area contributed by atoms with Crippen LogP contribution in [-0.4, -0.2) is 23.8 Å². The Balaban J connectivity index is 2.74. The molecule has 0 aliphatic rings. The zero-order valence-corrected chi connectivity index (χ0v) is 11.2. The number of nitrogens with two attached hydrogens (primary N) is 1. The molecule has 1 unspecified atom stereocenters. The van der Waals surface area contributed by atoms with Crippen LogP contribution in [0.15, 0.2) is 24.3 Å². The van der Waals surface area contributed by atoms with Crippen LogP contribution in [0.4, 0.5) is 0 Å². The monoisotopic (exact) mass is 233 g/mol. The van der Waals surface area contributed by atoms with Gasteiger partial charge in [0.2, 0.25) is 0 Å². The first kappa shape index (κ1) is 13.7. The fraction of sp³-hybridized carbons (Fsp3) is 0.500. The summed E-state index contributed by atoms with van der Waals surface area (Å²) in [4.78, 5) is 2.32. The van der Waals surface area contributed by atoms with Crippen molar-refractivity contribution in [3.63, 3.8) is 0 Å². The first-order valence-corrected chi connectivity index (χ1v) is 6.05. The fourth-order valence-electron chi connectivity index (χ4n) is 1.78. The molecule has 0 fully saturated rings. The molecule has 0 saturated carbocycles. The topological polar surface area (TPSA) is 53.1 Å². The van der Waals surface area contributed by atoms with Gasteiger partial charge in [-0.25, -0.2) is 0 Å². The number of nitrogens with zero attached hydrogens (tertiary/aromatic N) is 1. The van der Waals surface area contributed by atoms with E-state index in [0.29, 0.717) is 12.0 Å². The molecule has 1 aromatic carbocycles. The van der Waals surface area contributed by atoms with Crippen LogP contribution in [0.2, 0.25) is 0 Å². The van der Waals surface area contributed by atoms with Crippen LogP contribution in [0.1, 0.15) is 31.9 Å². The van der Waals surface area contributed by atoms with Gasteiger partial charge in [0.25, 0.3) is 0 Å². The summed E-state index contributed by atoms with van der Waals surface area (Å²) in [5, 5.41) is 7.43. The molecule has 0 aromatic heterocycles. The average Bonchev–Trinajstić information content (AvgIpc) is 2.28. The van der Waals surface area contributed by atoms with E-state index in [2.05, 4.69) is 38.8 Å². The first-order valence-electron chi connectivity index (χ1n) is 6.05. The highest BCUT2D eigenvalue weighted by Crippen LogP contribution is 2.13. The lowest BCUT2D eigenvalue weighted by Crippen LogP contribution is -2.32. The van der Waals surface area contributed by atoms with Gasteiger partial charge in [-0.15, -0.1) is 0 Å². The molecule has 0 aliphatic carbocycles. The molecule has 0 spiro atoms. The minimum absolute atomic E-state index is 0.131. The molecule has 0 aliphatic heterocycles. The summed E-state index contributed by atoms with van der Waals surface area (Å²) >= 11 is 0. The van der Waals surface area contributed by atoms with Crippen molar-refractivity contribution >= 4 is 5.84 Å². The standard InChI is InChI=1S/C14H23N3/c1-10(2)11(3)17(4)9-12-6-5-7-13(8-12)14(15)16/h5-8,10-11H,9H2,1-4H3,(H3,15,16). The molecule has 0 bridgehead atoms. The van der Waals surface area contributed by atoms with Gasteiger partial charge < -0.3 is 5.73 Å². The van der Waals surface area contributed by atoms with Gasteiger partial charge in [0.1, 0.15) is 5.84 Å². The van der Waals surface area contributed by atoms with E-state index in [9.17, 15) is 0 Å². The van der Waals surface area contributed by atoms with Gasteiger partial charge in [-0.05, 0) is 31.5 Å². The third-order valence-corrected chi connectivity index (χ3v) is 3.33. The second kappa shape index (κ2) is 5.82. The normalized spacial score (nSPS) is 13.1. The molecule has 94 valence electrons. The predicted octanol–water partition coefficient (Wildman–Crippen LogP) is 2.45. The lowest BCUT2D eigenvalue weighted by Gasteiger charge is -2.28. The summed E-state index contributed by atoms with van der Waals surface area (Å²) in [5.74, 6) is 0.766. The van der Waals surface area contributed by atoms with Crippen molar-refractivity contribution in [2.24, 2.45) is 11.7 Å². The van der Waals surface area contributed by atoms with Gasteiger partial charge in [0.15, 0.2) is 0 Å². The van der Waals surface area contributed by atoms with E-state index >= 15 is 0 Å². The quantitative estimate of drug-likeness (QED) is 0.606. The minimum Gasteiger partial charge on any atom is -0.384 e. The first-order chi connectivity index (χ1) is 7.91. The number of benzene rings is 1. The van der Waals surface area contributed by atoms with Gasteiger partial charge in [-0.3, -0.25) is 10.3 Å². The molecule has 1 atom stereocenters. The van der Waals surface area contributed by atoms with Crippen LogP contribution >= 0.6 is 0 Å².